The second-order valence-corrected chi connectivity index (χ2v) is 4.71. The molecule has 1 aliphatic heterocycles. The summed E-state index contributed by atoms with van der Waals surface area (Å²) in [6, 6.07) is 1.65. The van der Waals surface area contributed by atoms with Gasteiger partial charge in [-0.1, -0.05) is 13.8 Å². The van der Waals surface area contributed by atoms with Crippen LogP contribution >= 0.6 is 11.6 Å². The van der Waals surface area contributed by atoms with E-state index in [0.29, 0.717) is 0 Å². The second kappa shape index (κ2) is 6.68. The van der Waals surface area contributed by atoms with Crippen LogP contribution in [-0.4, -0.2) is 29.4 Å². The van der Waals surface area contributed by atoms with Crippen molar-refractivity contribution in [2.75, 3.05) is 12.4 Å². The first-order valence-corrected chi connectivity index (χ1v) is 6.68. The first-order chi connectivity index (χ1) is 6.83. The van der Waals surface area contributed by atoms with Gasteiger partial charge in [0.05, 0.1) is 0 Å². The second-order valence-electron chi connectivity index (χ2n) is 4.34. The third-order valence-electron chi connectivity index (χ3n) is 3.51. The van der Waals surface area contributed by atoms with E-state index in [1.807, 2.05) is 0 Å². The molecular formula is C12H24ClN. The van der Waals surface area contributed by atoms with Gasteiger partial charge in [0.2, 0.25) is 0 Å². The van der Waals surface area contributed by atoms with Crippen molar-refractivity contribution >= 4 is 11.6 Å². The van der Waals surface area contributed by atoms with Crippen LogP contribution in [0.5, 0.6) is 0 Å². The van der Waals surface area contributed by atoms with E-state index in [1.165, 1.54) is 45.1 Å². The summed E-state index contributed by atoms with van der Waals surface area (Å²) in [5, 5.41) is 0. The molecule has 0 aliphatic carbocycles. The molecule has 1 nitrogen and oxygen atoms in total. The highest BCUT2D eigenvalue weighted by molar-refractivity contribution is 6.17. The predicted molar refractivity (Wildman–Crippen MR) is 64.1 cm³/mol. The van der Waals surface area contributed by atoms with E-state index in [4.69, 9.17) is 11.6 Å². The molecule has 0 N–H and O–H groups in total. The topological polar surface area (TPSA) is 3.24 Å². The smallest absolute Gasteiger partial charge is 0.0224 e. The lowest BCUT2D eigenvalue weighted by atomic mass is 10.1. The van der Waals surface area contributed by atoms with E-state index in [9.17, 15) is 0 Å². The van der Waals surface area contributed by atoms with Crippen LogP contribution in [0.25, 0.3) is 0 Å². The number of rotatable bonds is 6. The molecular weight excluding hydrogens is 194 g/mol. The summed E-state index contributed by atoms with van der Waals surface area (Å²) in [4.78, 5) is 2.73. The van der Waals surface area contributed by atoms with E-state index >= 15 is 0 Å². The van der Waals surface area contributed by atoms with Gasteiger partial charge in [-0.25, -0.2) is 0 Å². The molecule has 0 saturated carbocycles. The number of alkyl halides is 1. The average Bonchev–Trinajstić information content (AvgIpc) is 2.65. The van der Waals surface area contributed by atoms with Gasteiger partial charge in [0.25, 0.3) is 0 Å². The molecule has 1 saturated heterocycles. The van der Waals surface area contributed by atoms with E-state index in [1.54, 1.807) is 0 Å². The Morgan fingerprint density at radius 1 is 1.36 bits per heavy atom. The fourth-order valence-electron chi connectivity index (χ4n) is 2.72. The molecule has 1 aliphatic rings. The van der Waals surface area contributed by atoms with Gasteiger partial charge in [-0.2, -0.15) is 0 Å². The van der Waals surface area contributed by atoms with Crippen molar-refractivity contribution in [3.8, 4) is 0 Å². The minimum atomic E-state index is 0.817. The largest absolute Gasteiger partial charge is 0.297 e. The van der Waals surface area contributed by atoms with Crippen molar-refractivity contribution in [1.82, 2.24) is 4.90 Å². The first-order valence-electron chi connectivity index (χ1n) is 6.15. The lowest BCUT2D eigenvalue weighted by Crippen LogP contribution is -2.38. The minimum absolute atomic E-state index is 0.817. The van der Waals surface area contributed by atoms with Crippen LogP contribution in [0.3, 0.4) is 0 Å². The zero-order valence-corrected chi connectivity index (χ0v) is 10.4. The summed E-state index contributed by atoms with van der Waals surface area (Å²) in [6.45, 7) is 5.94. The minimum Gasteiger partial charge on any atom is -0.297 e. The number of hydrogen-bond acceptors (Lipinski definition) is 1. The van der Waals surface area contributed by atoms with Gasteiger partial charge in [0.1, 0.15) is 0 Å². The van der Waals surface area contributed by atoms with Crippen LogP contribution in [0.4, 0.5) is 0 Å². The predicted octanol–water partition coefficient (Wildman–Crippen LogP) is 3.66. The van der Waals surface area contributed by atoms with Crippen LogP contribution in [0.2, 0.25) is 0 Å². The summed E-state index contributed by atoms with van der Waals surface area (Å²) in [7, 11) is 0. The number of halogens is 1. The van der Waals surface area contributed by atoms with Gasteiger partial charge in [-0.3, -0.25) is 4.90 Å². The Bertz CT molecular complexity index is 145. The van der Waals surface area contributed by atoms with Crippen LogP contribution in [0.15, 0.2) is 0 Å². The molecule has 84 valence electrons. The third kappa shape index (κ3) is 3.13. The summed E-state index contributed by atoms with van der Waals surface area (Å²) in [5.74, 6) is 0.827. The Labute approximate surface area is 93.8 Å². The Hall–Kier alpha value is 0.250. The highest BCUT2D eigenvalue weighted by Gasteiger charge is 2.28. The van der Waals surface area contributed by atoms with Crippen LogP contribution in [-0.2, 0) is 0 Å². The van der Waals surface area contributed by atoms with Gasteiger partial charge in [-0.15, -0.1) is 11.6 Å². The summed E-state index contributed by atoms with van der Waals surface area (Å²) < 4.78 is 0. The van der Waals surface area contributed by atoms with Crippen LogP contribution < -0.4 is 0 Å². The summed E-state index contributed by atoms with van der Waals surface area (Å²) in [5.41, 5.74) is 0. The number of likely N-dealkylation sites (tertiary alicyclic amines) is 1. The summed E-state index contributed by atoms with van der Waals surface area (Å²) in [6.07, 6.45) is 7.88. The summed E-state index contributed by atoms with van der Waals surface area (Å²) >= 11 is 5.76. The van der Waals surface area contributed by atoms with Crippen molar-refractivity contribution < 1.29 is 0 Å². The molecule has 1 atom stereocenters. The molecule has 14 heavy (non-hydrogen) atoms. The Morgan fingerprint density at radius 3 is 2.64 bits per heavy atom. The standard InChI is InChI=1S/C12H24ClN/c1-3-11(4-2)14-10-6-8-12(14)7-5-9-13/h11-12H,3-10H2,1-2H3. The molecule has 1 unspecified atom stereocenters. The van der Waals surface area contributed by atoms with E-state index < -0.39 is 0 Å². The van der Waals surface area contributed by atoms with Crippen molar-refractivity contribution in [1.29, 1.82) is 0 Å². The molecule has 2 heteroatoms. The maximum Gasteiger partial charge on any atom is 0.0224 e. The average molecular weight is 218 g/mol. The Kier molecular flexibility index (Phi) is 5.88. The molecule has 0 amide bonds. The van der Waals surface area contributed by atoms with Crippen molar-refractivity contribution in [3.63, 3.8) is 0 Å². The van der Waals surface area contributed by atoms with E-state index in [0.717, 1.165) is 18.0 Å². The van der Waals surface area contributed by atoms with Crippen LogP contribution in [0, 0.1) is 0 Å². The monoisotopic (exact) mass is 217 g/mol. The Morgan fingerprint density at radius 2 is 2.07 bits per heavy atom. The van der Waals surface area contributed by atoms with Gasteiger partial charge in [0, 0.05) is 18.0 Å². The van der Waals surface area contributed by atoms with Crippen molar-refractivity contribution in [2.45, 2.75) is 64.5 Å². The van der Waals surface area contributed by atoms with Gasteiger partial charge < -0.3 is 0 Å². The lowest BCUT2D eigenvalue weighted by Gasteiger charge is -2.31. The van der Waals surface area contributed by atoms with Crippen LogP contribution in [0.1, 0.15) is 52.4 Å². The molecule has 1 heterocycles. The van der Waals surface area contributed by atoms with E-state index in [-0.39, 0.29) is 0 Å². The Balaban J connectivity index is 2.40. The third-order valence-corrected chi connectivity index (χ3v) is 3.77. The normalized spacial score (nSPS) is 23.6. The quantitative estimate of drug-likeness (QED) is 0.614. The molecule has 0 aromatic heterocycles. The SMILES string of the molecule is CCC(CC)N1CCCC1CCCCl. The zero-order valence-electron chi connectivity index (χ0n) is 9.64. The molecule has 0 spiro atoms. The number of hydrogen-bond donors (Lipinski definition) is 0. The fourth-order valence-corrected chi connectivity index (χ4v) is 2.87. The zero-order chi connectivity index (χ0) is 10.4. The molecule has 0 aromatic rings. The number of nitrogens with zero attached hydrogens (tertiary/aromatic N) is 1. The molecule has 0 bridgehead atoms. The highest BCUT2D eigenvalue weighted by atomic mass is 35.5. The van der Waals surface area contributed by atoms with Crippen molar-refractivity contribution in [2.24, 2.45) is 0 Å². The van der Waals surface area contributed by atoms with E-state index in [2.05, 4.69) is 18.7 Å². The van der Waals surface area contributed by atoms with Gasteiger partial charge >= 0.3 is 0 Å². The van der Waals surface area contributed by atoms with Crippen molar-refractivity contribution in [3.05, 3.63) is 0 Å². The molecule has 0 aromatic carbocycles. The lowest BCUT2D eigenvalue weighted by molar-refractivity contribution is 0.162. The maximum atomic E-state index is 5.76. The fraction of sp³-hybridized carbons (Fsp3) is 1.00. The molecule has 1 rings (SSSR count). The maximum absolute atomic E-state index is 5.76. The highest BCUT2D eigenvalue weighted by Crippen LogP contribution is 2.26. The first kappa shape index (κ1) is 12.3. The van der Waals surface area contributed by atoms with Gasteiger partial charge in [-0.05, 0) is 45.1 Å². The molecule has 1 fully saturated rings. The van der Waals surface area contributed by atoms with Gasteiger partial charge in [0.15, 0.2) is 0 Å². The molecule has 0 radical (unpaired) electrons.